The van der Waals surface area contributed by atoms with Crippen LogP contribution in [0.5, 0.6) is 0 Å². The van der Waals surface area contributed by atoms with Gasteiger partial charge in [0.05, 0.1) is 6.54 Å². The van der Waals surface area contributed by atoms with Crippen LogP contribution in [0.4, 0.5) is 4.39 Å². The van der Waals surface area contributed by atoms with Crippen LogP contribution in [0.2, 0.25) is 5.02 Å². The molecule has 1 aromatic carbocycles. The molecule has 0 spiro atoms. The molecular weight excluding hydrogens is 277 g/mol. The summed E-state index contributed by atoms with van der Waals surface area (Å²) in [4.78, 5) is 4.40. The number of hydrogen-bond acceptors (Lipinski definition) is 1. The normalized spacial score (nSPS) is 17.4. The van der Waals surface area contributed by atoms with E-state index in [2.05, 4.69) is 24.2 Å². The second kappa shape index (κ2) is 6.00. The lowest BCUT2D eigenvalue weighted by Crippen LogP contribution is -2.35. The average molecular weight is 298 g/mol. The number of halogens is 2. The molecule has 0 aliphatic heterocycles. The lowest BCUT2D eigenvalue weighted by Gasteiger charge is -2.16. The number of nitrogens with two attached hydrogens (primary N) is 1. The Morgan fingerprint density at radius 1 is 1.50 bits per heavy atom. The maximum atomic E-state index is 13.1. The second-order valence-electron chi connectivity index (χ2n) is 5.88. The summed E-state index contributed by atoms with van der Waals surface area (Å²) in [6.07, 6.45) is 2.03. The van der Waals surface area contributed by atoms with Crippen molar-refractivity contribution in [3.8, 4) is 0 Å². The zero-order valence-corrected chi connectivity index (χ0v) is 12.7. The Labute approximate surface area is 124 Å². The van der Waals surface area contributed by atoms with E-state index in [-0.39, 0.29) is 11.2 Å². The molecule has 110 valence electrons. The van der Waals surface area contributed by atoms with E-state index in [1.54, 1.807) is 6.07 Å². The molecule has 1 saturated carbocycles. The van der Waals surface area contributed by atoms with E-state index in [0.29, 0.717) is 23.4 Å². The summed E-state index contributed by atoms with van der Waals surface area (Å²) >= 11 is 6.14. The zero-order chi connectivity index (χ0) is 14.8. The summed E-state index contributed by atoms with van der Waals surface area (Å²) in [5.41, 5.74) is 6.76. The standard InChI is InChI=1S/C15H21ClFN3/c1-10(2)8-19-14(18)20-9-15(5-6-15)12-4-3-11(17)7-13(12)16/h3-4,7,10H,5-6,8-9H2,1-2H3,(H3,18,19,20). The second-order valence-corrected chi connectivity index (χ2v) is 6.29. The van der Waals surface area contributed by atoms with Crippen molar-refractivity contribution in [3.05, 3.63) is 34.6 Å². The van der Waals surface area contributed by atoms with Crippen LogP contribution in [0.15, 0.2) is 23.2 Å². The zero-order valence-electron chi connectivity index (χ0n) is 11.9. The van der Waals surface area contributed by atoms with Crippen LogP contribution in [-0.2, 0) is 5.41 Å². The van der Waals surface area contributed by atoms with Crippen molar-refractivity contribution in [1.29, 1.82) is 0 Å². The minimum absolute atomic E-state index is 0.0606. The van der Waals surface area contributed by atoms with E-state index in [1.165, 1.54) is 12.1 Å². The lowest BCUT2D eigenvalue weighted by molar-refractivity contribution is 0.617. The largest absolute Gasteiger partial charge is 0.370 e. The average Bonchev–Trinajstić information content (AvgIpc) is 3.15. The van der Waals surface area contributed by atoms with Crippen molar-refractivity contribution in [1.82, 2.24) is 5.32 Å². The molecule has 5 heteroatoms. The van der Waals surface area contributed by atoms with E-state index in [1.807, 2.05) is 0 Å². The van der Waals surface area contributed by atoms with Gasteiger partial charge in [0.2, 0.25) is 0 Å². The molecule has 3 nitrogen and oxygen atoms in total. The summed E-state index contributed by atoms with van der Waals surface area (Å²) in [7, 11) is 0. The van der Waals surface area contributed by atoms with Crippen molar-refractivity contribution < 1.29 is 4.39 Å². The highest BCUT2D eigenvalue weighted by Crippen LogP contribution is 2.50. The van der Waals surface area contributed by atoms with E-state index in [4.69, 9.17) is 17.3 Å². The number of benzene rings is 1. The number of guanidine groups is 1. The third kappa shape index (κ3) is 3.63. The van der Waals surface area contributed by atoms with Crippen molar-refractivity contribution in [2.45, 2.75) is 32.1 Å². The summed E-state index contributed by atoms with van der Waals surface area (Å²) in [6, 6.07) is 4.57. The quantitative estimate of drug-likeness (QED) is 0.648. The fraction of sp³-hybridized carbons (Fsp3) is 0.533. The van der Waals surface area contributed by atoms with Crippen LogP contribution < -0.4 is 11.1 Å². The van der Waals surface area contributed by atoms with Gasteiger partial charge in [0.15, 0.2) is 5.96 Å². The number of rotatable bonds is 5. The first-order valence-electron chi connectivity index (χ1n) is 6.92. The lowest BCUT2D eigenvalue weighted by atomic mass is 9.96. The maximum absolute atomic E-state index is 13.1. The van der Waals surface area contributed by atoms with E-state index < -0.39 is 0 Å². The van der Waals surface area contributed by atoms with Crippen LogP contribution in [0, 0.1) is 11.7 Å². The summed E-state index contributed by atoms with van der Waals surface area (Å²) in [5, 5.41) is 3.57. The molecule has 0 unspecified atom stereocenters. The SMILES string of the molecule is CC(C)CNC(N)=NCC1(c2ccc(F)cc2Cl)CC1. The van der Waals surface area contributed by atoms with Gasteiger partial charge in [0.25, 0.3) is 0 Å². The maximum Gasteiger partial charge on any atom is 0.188 e. The van der Waals surface area contributed by atoms with Gasteiger partial charge in [0, 0.05) is 17.0 Å². The molecule has 20 heavy (non-hydrogen) atoms. The Morgan fingerprint density at radius 2 is 2.20 bits per heavy atom. The highest BCUT2D eigenvalue weighted by molar-refractivity contribution is 6.31. The van der Waals surface area contributed by atoms with Crippen molar-refractivity contribution in [2.24, 2.45) is 16.6 Å². The molecular formula is C15H21ClFN3. The minimum atomic E-state index is -0.309. The van der Waals surface area contributed by atoms with Gasteiger partial charge in [-0.05, 0) is 36.5 Å². The van der Waals surface area contributed by atoms with Crippen LogP contribution >= 0.6 is 11.6 Å². The Balaban J connectivity index is 2.03. The fourth-order valence-corrected chi connectivity index (χ4v) is 2.55. The molecule has 0 radical (unpaired) electrons. The Hall–Kier alpha value is -1.29. The molecule has 1 aliphatic rings. The van der Waals surface area contributed by atoms with Crippen molar-refractivity contribution >= 4 is 17.6 Å². The van der Waals surface area contributed by atoms with E-state index in [0.717, 1.165) is 24.9 Å². The fourth-order valence-electron chi connectivity index (χ4n) is 2.18. The predicted molar refractivity (Wildman–Crippen MR) is 81.7 cm³/mol. The van der Waals surface area contributed by atoms with Crippen LogP contribution in [0.25, 0.3) is 0 Å². The number of aliphatic imine (C=N–C) groups is 1. The first-order valence-corrected chi connectivity index (χ1v) is 7.30. The first kappa shape index (κ1) is 15.1. The van der Waals surface area contributed by atoms with Gasteiger partial charge in [0.1, 0.15) is 5.82 Å². The number of hydrogen-bond donors (Lipinski definition) is 2. The van der Waals surface area contributed by atoms with Crippen LogP contribution in [0.1, 0.15) is 32.3 Å². The number of nitrogens with one attached hydrogen (secondary N) is 1. The highest BCUT2D eigenvalue weighted by Gasteiger charge is 2.45. The van der Waals surface area contributed by atoms with Gasteiger partial charge < -0.3 is 11.1 Å². The van der Waals surface area contributed by atoms with E-state index >= 15 is 0 Å². The Kier molecular flexibility index (Phi) is 4.53. The van der Waals surface area contributed by atoms with Crippen LogP contribution in [-0.4, -0.2) is 19.0 Å². The smallest absolute Gasteiger partial charge is 0.188 e. The molecule has 1 aliphatic carbocycles. The highest BCUT2D eigenvalue weighted by atomic mass is 35.5. The molecule has 0 amide bonds. The molecule has 0 aromatic heterocycles. The molecule has 3 N–H and O–H groups in total. The predicted octanol–water partition coefficient (Wildman–Crippen LogP) is 3.07. The summed E-state index contributed by atoms with van der Waals surface area (Å²) in [5.74, 6) is 0.671. The van der Waals surface area contributed by atoms with Gasteiger partial charge in [-0.3, -0.25) is 4.99 Å². The molecule has 1 fully saturated rings. The summed E-state index contributed by atoms with van der Waals surface area (Å²) < 4.78 is 13.1. The monoisotopic (exact) mass is 297 g/mol. The van der Waals surface area contributed by atoms with Gasteiger partial charge in [-0.2, -0.15) is 0 Å². The van der Waals surface area contributed by atoms with Gasteiger partial charge in [-0.15, -0.1) is 0 Å². The molecule has 0 saturated heterocycles. The van der Waals surface area contributed by atoms with Gasteiger partial charge in [-0.1, -0.05) is 31.5 Å². The van der Waals surface area contributed by atoms with Crippen LogP contribution in [0.3, 0.4) is 0 Å². The number of nitrogens with zero attached hydrogens (tertiary/aromatic N) is 1. The molecule has 0 atom stereocenters. The van der Waals surface area contributed by atoms with Gasteiger partial charge >= 0.3 is 0 Å². The Bertz CT molecular complexity index is 510. The topological polar surface area (TPSA) is 50.4 Å². The Morgan fingerprint density at radius 3 is 2.75 bits per heavy atom. The third-order valence-corrected chi connectivity index (χ3v) is 3.91. The first-order chi connectivity index (χ1) is 9.43. The molecule has 2 rings (SSSR count). The summed E-state index contributed by atoms with van der Waals surface area (Å²) in [6.45, 7) is 5.62. The third-order valence-electron chi connectivity index (χ3n) is 3.60. The molecule has 1 aromatic rings. The van der Waals surface area contributed by atoms with Gasteiger partial charge in [-0.25, -0.2) is 4.39 Å². The molecule has 0 bridgehead atoms. The molecule has 0 heterocycles. The van der Waals surface area contributed by atoms with Crippen molar-refractivity contribution in [3.63, 3.8) is 0 Å². The minimum Gasteiger partial charge on any atom is -0.370 e. The van der Waals surface area contributed by atoms with E-state index in [9.17, 15) is 4.39 Å². The van der Waals surface area contributed by atoms with Crippen molar-refractivity contribution in [2.75, 3.05) is 13.1 Å².